The lowest BCUT2D eigenvalue weighted by atomic mass is 9.92. The molecule has 1 aliphatic heterocycles. The van der Waals surface area contributed by atoms with Crippen LogP contribution >= 0.6 is 0 Å². The Bertz CT molecular complexity index is 1630. The van der Waals surface area contributed by atoms with Gasteiger partial charge in [0.2, 0.25) is 6.10 Å². The van der Waals surface area contributed by atoms with Gasteiger partial charge in [0.1, 0.15) is 6.07 Å². The number of ether oxygens (including phenoxy) is 2. The van der Waals surface area contributed by atoms with Crippen LogP contribution in [0.15, 0.2) is 72.8 Å². The molecule has 2 heterocycles. The Morgan fingerprint density at radius 3 is 2.44 bits per heavy atom. The van der Waals surface area contributed by atoms with Crippen LogP contribution < -0.4 is 5.32 Å². The third-order valence-electron chi connectivity index (χ3n) is 8.43. The smallest absolute Gasteiger partial charge is 0.429 e. The van der Waals surface area contributed by atoms with E-state index < -0.39 is 18.4 Å². The van der Waals surface area contributed by atoms with E-state index in [1.807, 2.05) is 6.07 Å². The van der Waals surface area contributed by atoms with E-state index in [1.54, 1.807) is 30.3 Å². The number of amides is 1. The molecule has 1 N–H and O–H groups in total. The minimum absolute atomic E-state index is 0.164. The highest BCUT2D eigenvalue weighted by atomic mass is 19.4. The van der Waals surface area contributed by atoms with Crippen LogP contribution in [0.5, 0.6) is 0 Å². The number of nitriles is 1. The number of aromatic nitrogens is 1. The molecule has 2 atom stereocenters. The summed E-state index contributed by atoms with van der Waals surface area (Å²) in [5, 5.41) is 13.6. The number of benzene rings is 3. The first-order valence-corrected chi connectivity index (χ1v) is 14.7. The molecule has 43 heavy (non-hydrogen) atoms. The van der Waals surface area contributed by atoms with Crippen LogP contribution in [0.3, 0.4) is 0 Å². The van der Waals surface area contributed by atoms with Crippen molar-refractivity contribution >= 4 is 22.7 Å². The van der Waals surface area contributed by atoms with Crippen molar-refractivity contribution < 1.29 is 27.4 Å². The minimum Gasteiger partial charge on any atom is -0.431 e. The van der Waals surface area contributed by atoms with E-state index in [2.05, 4.69) is 28.1 Å². The van der Waals surface area contributed by atoms with Crippen molar-refractivity contribution in [3.8, 4) is 17.3 Å². The highest BCUT2D eigenvalue weighted by molar-refractivity contribution is 5.95. The van der Waals surface area contributed by atoms with Gasteiger partial charge in [0.15, 0.2) is 0 Å². The number of hydrogen-bond donors (Lipinski definition) is 1. The van der Waals surface area contributed by atoms with Crippen molar-refractivity contribution in [3.05, 3.63) is 89.5 Å². The van der Waals surface area contributed by atoms with Gasteiger partial charge in [-0.3, -0.25) is 5.32 Å². The molecule has 2 unspecified atom stereocenters. The van der Waals surface area contributed by atoms with Gasteiger partial charge in [-0.25, -0.2) is 4.79 Å². The van der Waals surface area contributed by atoms with E-state index in [4.69, 9.17) is 9.47 Å². The second kappa shape index (κ2) is 12.1. The zero-order valence-electron chi connectivity index (χ0n) is 23.6. The molecule has 9 heteroatoms. The van der Waals surface area contributed by atoms with Gasteiger partial charge in [0, 0.05) is 29.3 Å². The molecule has 2 aliphatic rings. The molecule has 1 saturated carbocycles. The lowest BCUT2D eigenvalue weighted by Crippen LogP contribution is -2.28. The maximum Gasteiger partial charge on any atom is 0.429 e. The summed E-state index contributed by atoms with van der Waals surface area (Å²) in [6.07, 6.45) is -0.806. The average molecular weight is 588 g/mol. The van der Waals surface area contributed by atoms with Gasteiger partial charge in [-0.2, -0.15) is 18.4 Å². The standard InChI is InChI=1S/C34H32F3N3O3/c35-34(36,37)32(24-6-2-1-3-7-24)43-33(41)39-25-15-13-23(14-16-25)31-29(21-38)28-18-12-22(11-17-27-10-5-19-42-27)20-30(28)40(31)26-8-4-9-26/h1-3,6-7,12-16,18,20,26-27,32H,4-5,8-11,17,19H2,(H,39,41). The van der Waals surface area contributed by atoms with E-state index in [-0.39, 0.29) is 17.3 Å². The van der Waals surface area contributed by atoms with Crippen molar-refractivity contribution in [1.82, 2.24) is 4.57 Å². The molecule has 1 saturated heterocycles. The number of nitrogens with one attached hydrogen (secondary N) is 1. The first kappa shape index (κ1) is 28.8. The zero-order valence-corrected chi connectivity index (χ0v) is 23.6. The molecule has 1 amide bonds. The second-order valence-corrected chi connectivity index (χ2v) is 11.3. The number of aryl methyl sites for hydroxylation is 1. The predicted octanol–water partition coefficient (Wildman–Crippen LogP) is 8.87. The molecule has 1 aromatic heterocycles. The van der Waals surface area contributed by atoms with Crippen molar-refractivity contribution in [2.75, 3.05) is 11.9 Å². The first-order valence-electron chi connectivity index (χ1n) is 14.7. The fourth-order valence-corrected chi connectivity index (χ4v) is 6.05. The average Bonchev–Trinajstić information content (AvgIpc) is 3.60. The number of fused-ring (bicyclic) bond motifs is 1. The number of anilines is 1. The van der Waals surface area contributed by atoms with Crippen molar-refractivity contribution in [1.29, 1.82) is 5.26 Å². The lowest BCUT2D eigenvalue weighted by molar-refractivity contribution is -0.205. The molecule has 6 rings (SSSR count). The topological polar surface area (TPSA) is 76.3 Å². The van der Waals surface area contributed by atoms with Gasteiger partial charge >= 0.3 is 12.3 Å². The largest absolute Gasteiger partial charge is 0.431 e. The Morgan fingerprint density at radius 1 is 1.05 bits per heavy atom. The molecular weight excluding hydrogens is 555 g/mol. The molecular formula is C34H32F3N3O3. The second-order valence-electron chi connectivity index (χ2n) is 11.3. The highest BCUT2D eigenvalue weighted by Gasteiger charge is 2.44. The summed E-state index contributed by atoms with van der Waals surface area (Å²) in [6.45, 7) is 0.834. The third-order valence-corrected chi connectivity index (χ3v) is 8.43. The SMILES string of the molecule is N#Cc1c(-c2ccc(NC(=O)OC(c3ccccc3)C(F)(F)F)cc2)n(C2CCC2)c2cc(CCC3CCCO3)ccc12. The Labute approximate surface area is 248 Å². The summed E-state index contributed by atoms with van der Waals surface area (Å²) in [4.78, 5) is 12.5. The van der Waals surface area contributed by atoms with Crippen LogP contribution in [-0.4, -0.2) is 29.5 Å². The molecule has 6 nitrogen and oxygen atoms in total. The lowest BCUT2D eigenvalue weighted by Gasteiger charge is -2.30. The van der Waals surface area contributed by atoms with E-state index in [1.165, 1.54) is 29.8 Å². The number of halogens is 3. The van der Waals surface area contributed by atoms with E-state index in [0.717, 1.165) is 73.7 Å². The summed E-state index contributed by atoms with van der Waals surface area (Å²) < 4.78 is 53.8. The molecule has 0 spiro atoms. The van der Waals surface area contributed by atoms with E-state index in [9.17, 15) is 23.2 Å². The molecule has 1 aliphatic carbocycles. The van der Waals surface area contributed by atoms with Crippen molar-refractivity contribution in [2.24, 2.45) is 0 Å². The van der Waals surface area contributed by atoms with E-state index in [0.29, 0.717) is 11.7 Å². The Hall–Kier alpha value is -4.29. The quantitative estimate of drug-likeness (QED) is 0.223. The van der Waals surface area contributed by atoms with Crippen LogP contribution in [-0.2, 0) is 15.9 Å². The van der Waals surface area contributed by atoms with Gasteiger partial charge in [-0.05, 0) is 74.3 Å². The minimum atomic E-state index is -4.77. The zero-order chi connectivity index (χ0) is 30.0. The van der Waals surface area contributed by atoms with Crippen LogP contribution in [0, 0.1) is 11.3 Å². The molecule has 222 valence electrons. The summed E-state index contributed by atoms with van der Waals surface area (Å²) in [5.74, 6) is 0. The normalized spacial score (nSPS) is 17.8. The van der Waals surface area contributed by atoms with Crippen molar-refractivity contribution in [3.63, 3.8) is 0 Å². The van der Waals surface area contributed by atoms with Crippen molar-refractivity contribution in [2.45, 2.75) is 69.4 Å². The van der Waals surface area contributed by atoms with Gasteiger partial charge in [0.05, 0.1) is 22.9 Å². The van der Waals surface area contributed by atoms with Crippen LogP contribution in [0.1, 0.15) is 67.4 Å². The summed E-state index contributed by atoms with van der Waals surface area (Å²) in [5.41, 5.74) is 4.55. The van der Waals surface area contributed by atoms with Crippen LogP contribution in [0.2, 0.25) is 0 Å². The van der Waals surface area contributed by atoms with Gasteiger partial charge in [-0.1, -0.05) is 54.6 Å². The number of nitrogens with zero attached hydrogens (tertiary/aromatic N) is 2. The van der Waals surface area contributed by atoms with Crippen LogP contribution in [0.4, 0.5) is 23.7 Å². The fraction of sp³-hybridized carbons (Fsp3) is 0.353. The summed E-state index contributed by atoms with van der Waals surface area (Å²) in [7, 11) is 0. The monoisotopic (exact) mass is 587 g/mol. The van der Waals surface area contributed by atoms with Gasteiger partial charge in [-0.15, -0.1) is 0 Å². The maximum atomic E-state index is 13.6. The molecule has 2 fully saturated rings. The molecule has 4 aromatic rings. The summed E-state index contributed by atoms with van der Waals surface area (Å²) in [6, 6.07) is 22.8. The Kier molecular flexibility index (Phi) is 8.13. The number of carbonyl (C=O) groups is 1. The maximum absolute atomic E-state index is 13.6. The first-order chi connectivity index (χ1) is 20.8. The number of hydrogen-bond acceptors (Lipinski definition) is 4. The predicted molar refractivity (Wildman–Crippen MR) is 158 cm³/mol. The number of alkyl halides is 3. The Morgan fingerprint density at radius 2 is 1.81 bits per heavy atom. The van der Waals surface area contributed by atoms with Gasteiger partial charge < -0.3 is 14.0 Å². The molecule has 3 aromatic carbocycles. The van der Waals surface area contributed by atoms with Gasteiger partial charge in [0.25, 0.3) is 0 Å². The van der Waals surface area contributed by atoms with Crippen LogP contribution in [0.25, 0.3) is 22.2 Å². The third kappa shape index (κ3) is 6.11. The molecule has 0 bridgehead atoms. The number of carbonyl (C=O) groups excluding carboxylic acids is 1. The number of rotatable bonds is 8. The fourth-order valence-electron chi connectivity index (χ4n) is 6.05. The molecule has 0 radical (unpaired) electrons. The summed E-state index contributed by atoms with van der Waals surface area (Å²) >= 11 is 0. The van der Waals surface area contributed by atoms with E-state index >= 15 is 0 Å². The highest BCUT2D eigenvalue weighted by Crippen LogP contribution is 2.43. The Balaban J connectivity index is 1.25.